The Balaban J connectivity index is 1.59. The summed E-state index contributed by atoms with van der Waals surface area (Å²) in [6.45, 7) is 0.175. The van der Waals surface area contributed by atoms with Crippen molar-refractivity contribution >= 4 is 45.2 Å². The van der Waals surface area contributed by atoms with E-state index in [0.717, 1.165) is 4.88 Å². The molecule has 0 radical (unpaired) electrons. The summed E-state index contributed by atoms with van der Waals surface area (Å²) in [6.07, 6.45) is 1.62. The maximum atomic E-state index is 13.4. The Morgan fingerprint density at radius 1 is 1.23 bits per heavy atom. The fourth-order valence-corrected chi connectivity index (χ4v) is 4.04. The highest BCUT2D eigenvalue weighted by Gasteiger charge is 2.25. The quantitative estimate of drug-likeness (QED) is 0.336. The van der Waals surface area contributed by atoms with Gasteiger partial charge in [-0.3, -0.25) is 0 Å². The first-order valence-electron chi connectivity index (χ1n) is 8.84. The highest BCUT2D eigenvalue weighted by atomic mass is 79.9. The molecule has 0 bridgehead atoms. The SMILES string of the molecule is COc1cc(/C=C2\N=C(c3cccs3)OC2=O)cc(Br)c1OCc1cccc(F)c1. The lowest BCUT2D eigenvalue weighted by atomic mass is 10.1. The van der Waals surface area contributed by atoms with Crippen LogP contribution in [0.2, 0.25) is 0 Å². The van der Waals surface area contributed by atoms with E-state index in [4.69, 9.17) is 14.2 Å². The number of thiophene rings is 1. The van der Waals surface area contributed by atoms with Gasteiger partial charge in [0.2, 0.25) is 5.90 Å². The summed E-state index contributed by atoms with van der Waals surface area (Å²) in [6, 6.07) is 13.4. The molecule has 0 spiro atoms. The minimum atomic E-state index is -0.514. The molecule has 1 aromatic heterocycles. The van der Waals surface area contributed by atoms with Crippen LogP contribution in [0.15, 0.2) is 69.1 Å². The average molecular weight is 488 g/mol. The molecule has 0 atom stereocenters. The number of ether oxygens (including phenoxy) is 3. The molecule has 4 rings (SSSR count). The van der Waals surface area contributed by atoms with Crippen molar-refractivity contribution in [3.8, 4) is 11.5 Å². The van der Waals surface area contributed by atoms with Gasteiger partial charge < -0.3 is 14.2 Å². The van der Waals surface area contributed by atoms with Gasteiger partial charge in [-0.1, -0.05) is 18.2 Å². The predicted octanol–water partition coefficient (Wildman–Crippen LogP) is 5.58. The van der Waals surface area contributed by atoms with Crippen LogP contribution in [0.3, 0.4) is 0 Å². The summed E-state index contributed by atoms with van der Waals surface area (Å²) in [5.41, 5.74) is 1.57. The fraction of sp³-hybridized carbons (Fsp3) is 0.0909. The summed E-state index contributed by atoms with van der Waals surface area (Å²) >= 11 is 4.92. The molecule has 152 valence electrons. The summed E-state index contributed by atoms with van der Waals surface area (Å²) in [5.74, 6) is 0.388. The lowest BCUT2D eigenvalue weighted by Crippen LogP contribution is -2.03. The Morgan fingerprint density at radius 3 is 2.83 bits per heavy atom. The minimum Gasteiger partial charge on any atom is -0.493 e. The van der Waals surface area contributed by atoms with Gasteiger partial charge in [-0.15, -0.1) is 11.3 Å². The first-order chi connectivity index (χ1) is 14.5. The molecule has 8 heteroatoms. The minimum absolute atomic E-state index is 0.175. The monoisotopic (exact) mass is 487 g/mol. The van der Waals surface area contributed by atoms with Crippen molar-refractivity contribution in [2.24, 2.45) is 4.99 Å². The van der Waals surface area contributed by atoms with Crippen molar-refractivity contribution in [2.45, 2.75) is 6.61 Å². The van der Waals surface area contributed by atoms with Crippen LogP contribution < -0.4 is 9.47 Å². The second kappa shape index (κ2) is 8.81. The van der Waals surface area contributed by atoms with Crippen LogP contribution in [0.1, 0.15) is 16.0 Å². The number of hydrogen-bond acceptors (Lipinski definition) is 6. The molecular weight excluding hydrogens is 473 g/mol. The molecule has 0 saturated carbocycles. The third kappa shape index (κ3) is 4.44. The van der Waals surface area contributed by atoms with Crippen LogP contribution in [0.4, 0.5) is 4.39 Å². The number of carbonyl (C=O) groups is 1. The number of carbonyl (C=O) groups excluding carboxylic acids is 1. The number of halogens is 2. The van der Waals surface area contributed by atoms with Crippen LogP contribution in [-0.2, 0) is 16.1 Å². The number of esters is 1. The number of hydrogen-bond donors (Lipinski definition) is 0. The Labute approximate surface area is 184 Å². The van der Waals surface area contributed by atoms with Crippen LogP contribution >= 0.6 is 27.3 Å². The average Bonchev–Trinajstić information content (AvgIpc) is 3.37. The number of benzene rings is 2. The van der Waals surface area contributed by atoms with E-state index in [2.05, 4.69) is 20.9 Å². The van der Waals surface area contributed by atoms with Gasteiger partial charge in [0.15, 0.2) is 17.2 Å². The zero-order chi connectivity index (χ0) is 21.1. The van der Waals surface area contributed by atoms with Crippen molar-refractivity contribution in [3.63, 3.8) is 0 Å². The molecule has 0 saturated heterocycles. The lowest BCUT2D eigenvalue weighted by molar-refractivity contribution is -0.129. The number of nitrogens with zero attached hydrogens (tertiary/aromatic N) is 1. The molecule has 2 aromatic carbocycles. The topological polar surface area (TPSA) is 57.1 Å². The Bertz CT molecular complexity index is 1160. The zero-order valence-electron chi connectivity index (χ0n) is 15.7. The second-order valence-corrected chi connectivity index (χ2v) is 8.07. The summed E-state index contributed by atoms with van der Waals surface area (Å²) in [7, 11) is 1.52. The van der Waals surface area contributed by atoms with Gasteiger partial charge in [0, 0.05) is 0 Å². The highest BCUT2D eigenvalue weighted by molar-refractivity contribution is 9.10. The van der Waals surface area contributed by atoms with E-state index in [0.29, 0.717) is 33.0 Å². The molecule has 5 nitrogen and oxygen atoms in total. The maximum Gasteiger partial charge on any atom is 0.363 e. The second-order valence-electron chi connectivity index (χ2n) is 6.27. The van der Waals surface area contributed by atoms with E-state index in [9.17, 15) is 9.18 Å². The predicted molar refractivity (Wildman–Crippen MR) is 116 cm³/mol. The van der Waals surface area contributed by atoms with Gasteiger partial charge in [-0.25, -0.2) is 14.2 Å². The van der Waals surface area contributed by atoms with Gasteiger partial charge >= 0.3 is 5.97 Å². The van der Waals surface area contributed by atoms with Crippen molar-refractivity contribution < 1.29 is 23.4 Å². The first-order valence-corrected chi connectivity index (χ1v) is 10.5. The largest absolute Gasteiger partial charge is 0.493 e. The molecule has 0 unspecified atom stereocenters. The van der Waals surface area contributed by atoms with Gasteiger partial charge in [0.05, 0.1) is 16.5 Å². The smallest absolute Gasteiger partial charge is 0.363 e. The zero-order valence-corrected chi connectivity index (χ0v) is 18.1. The first kappa shape index (κ1) is 20.3. The number of aliphatic imine (C=N–C) groups is 1. The van der Waals surface area contributed by atoms with Gasteiger partial charge in [-0.2, -0.15) is 0 Å². The summed E-state index contributed by atoms with van der Waals surface area (Å²) < 4.78 is 30.5. The summed E-state index contributed by atoms with van der Waals surface area (Å²) in [4.78, 5) is 17.3. The number of rotatable bonds is 6. The van der Waals surface area contributed by atoms with Crippen LogP contribution in [0.5, 0.6) is 11.5 Å². The lowest BCUT2D eigenvalue weighted by Gasteiger charge is -2.13. The van der Waals surface area contributed by atoms with E-state index >= 15 is 0 Å². The molecule has 0 fully saturated rings. The van der Waals surface area contributed by atoms with E-state index in [1.165, 1.54) is 30.6 Å². The third-order valence-corrected chi connectivity index (χ3v) is 5.63. The van der Waals surface area contributed by atoms with E-state index < -0.39 is 5.97 Å². The standard InChI is InChI=1S/C22H15BrFNO4S/c1-27-18-11-14(10-17-22(26)29-21(25-17)19-6-3-7-30-19)9-16(23)20(18)28-12-13-4-2-5-15(24)8-13/h2-11H,12H2,1H3/b17-10-. The van der Waals surface area contributed by atoms with Crippen molar-refractivity contribution in [1.82, 2.24) is 0 Å². The van der Waals surface area contributed by atoms with Crippen LogP contribution in [0, 0.1) is 5.82 Å². The van der Waals surface area contributed by atoms with Crippen molar-refractivity contribution in [3.05, 3.63) is 85.9 Å². The van der Waals surface area contributed by atoms with Crippen LogP contribution in [0.25, 0.3) is 6.08 Å². The Hall–Kier alpha value is -2.97. The third-order valence-electron chi connectivity index (χ3n) is 4.18. The molecule has 0 aliphatic carbocycles. The highest BCUT2D eigenvalue weighted by Crippen LogP contribution is 2.38. The number of cyclic esters (lactones) is 1. The molecule has 1 aliphatic heterocycles. The van der Waals surface area contributed by atoms with Crippen LogP contribution in [-0.4, -0.2) is 19.0 Å². The molecular formula is C22H15BrFNO4S. The summed E-state index contributed by atoms with van der Waals surface area (Å²) in [5, 5.41) is 1.89. The van der Waals surface area contributed by atoms with E-state index in [1.807, 2.05) is 17.5 Å². The molecule has 30 heavy (non-hydrogen) atoms. The van der Waals surface area contributed by atoms with Gasteiger partial charge in [-0.05, 0) is 68.8 Å². The maximum absolute atomic E-state index is 13.4. The van der Waals surface area contributed by atoms with Gasteiger partial charge in [0.1, 0.15) is 12.4 Å². The molecule has 1 aliphatic rings. The fourth-order valence-electron chi connectivity index (χ4n) is 2.82. The molecule has 2 heterocycles. The number of methoxy groups -OCH3 is 1. The molecule has 0 amide bonds. The molecule has 0 N–H and O–H groups in total. The Morgan fingerprint density at radius 2 is 2.10 bits per heavy atom. The van der Waals surface area contributed by atoms with Gasteiger partial charge in [0.25, 0.3) is 0 Å². The van der Waals surface area contributed by atoms with E-state index in [-0.39, 0.29) is 18.1 Å². The Kier molecular flexibility index (Phi) is 5.96. The van der Waals surface area contributed by atoms with Crippen molar-refractivity contribution in [2.75, 3.05) is 7.11 Å². The van der Waals surface area contributed by atoms with E-state index in [1.54, 1.807) is 30.3 Å². The van der Waals surface area contributed by atoms with Crippen molar-refractivity contribution in [1.29, 1.82) is 0 Å². The molecule has 3 aromatic rings. The normalized spacial score (nSPS) is 14.6.